The molecule has 5 rings (SSSR count). The van der Waals surface area contributed by atoms with Gasteiger partial charge >= 0.3 is 0 Å². The van der Waals surface area contributed by atoms with Gasteiger partial charge in [-0.3, -0.25) is 19.1 Å². The van der Waals surface area contributed by atoms with Crippen molar-refractivity contribution in [3.05, 3.63) is 66.4 Å². The van der Waals surface area contributed by atoms with Crippen LogP contribution >= 0.6 is 0 Å². The molecule has 0 spiro atoms. The average molecular weight is 460 g/mol. The zero-order chi connectivity index (χ0) is 23.9. The van der Waals surface area contributed by atoms with Crippen molar-refractivity contribution in [2.45, 2.75) is 45.1 Å². The maximum atomic E-state index is 13.5. The Balaban J connectivity index is 1.39. The molecule has 1 atom stereocenters. The van der Waals surface area contributed by atoms with Gasteiger partial charge in [0.15, 0.2) is 6.61 Å². The third-order valence-electron chi connectivity index (χ3n) is 6.50. The van der Waals surface area contributed by atoms with E-state index < -0.39 is 0 Å². The number of imidazole rings is 1. The first-order valence-corrected chi connectivity index (χ1v) is 11.6. The van der Waals surface area contributed by atoms with Crippen LogP contribution in [0.25, 0.3) is 5.82 Å². The predicted octanol–water partition coefficient (Wildman–Crippen LogP) is 3.65. The number of carbonyl (C=O) groups is 2. The van der Waals surface area contributed by atoms with Crippen LogP contribution in [0.15, 0.2) is 55.1 Å². The number of amides is 2. The highest BCUT2D eigenvalue weighted by Crippen LogP contribution is 2.37. The molecule has 34 heavy (non-hydrogen) atoms. The number of benzene rings is 1. The van der Waals surface area contributed by atoms with Gasteiger partial charge in [0.25, 0.3) is 5.91 Å². The first kappa shape index (κ1) is 22.1. The Hall–Kier alpha value is -3.68. The third-order valence-corrected chi connectivity index (χ3v) is 6.50. The molecule has 2 aromatic heterocycles. The maximum absolute atomic E-state index is 13.5. The zero-order valence-corrected chi connectivity index (χ0v) is 19.8. The van der Waals surface area contributed by atoms with Gasteiger partial charge in [0.2, 0.25) is 5.91 Å². The highest BCUT2D eigenvalue weighted by Gasteiger charge is 2.35. The van der Waals surface area contributed by atoms with Crippen LogP contribution in [0, 0.1) is 0 Å². The van der Waals surface area contributed by atoms with Gasteiger partial charge in [-0.1, -0.05) is 32.9 Å². The van der Waals surface area contributed by atoms with Crippen LogP contribution in [0.4, 0.5) is 5.69 Å². The number of pyridine rings is 1. The number of ether oxygens (including phenoxy) is 1. The van der Waals surface area contributed by atoms with Gasteiger partial charge in [0.1, 0.15) is 24.4 Å². The molecule has 176 valence electrons. The number of aromatic nitrogens is 3. The normalized spacial score (nSPS) is 18.1. The fourth-order valence-corrected chi connectivity index (χ4v) is 4.60. The van der Waals surface area contributed by atoms with Gasteiger partial charge in [-0.15, -0.1) is 0 Å². The fraction of sp³-hybridized carbons (Fsp3) is 0.385. The van der Waals surface area contributed by atoms with E-state index >= 15 is 0 Å². The lowest BCUT2D eigenvalue weighted by Crippen LogP contribution is -2.46. The van der Waals surface area contributed by atoms with Crippen molar-refractivity contribution in [2.75, 3.05) is 24.6 Å². The fourth-order valence-electron chi connectivity index (χ4n) is 4.60. The minimum atomic E-state index is -0.206. The van der Waals surface area contributed by atoms with Crippen molar-refractivity contribution in [1.82, 2.24) is 19.4 Å². The topological polar surface area (TPSA) is 80.6 Å². The lowest BCUT2D eigenvalue weighted by molar-refractivity contribution is -0.132. The molecule has 0 bridgehead atoms. The molecule has 0 radical (unpaired) electrons. The van der Waals surface area contributed by atoms with Crippen molar-refractivity contribution in [2.24, 2.45) is 0 Å². The van der Waals surface area contributed by atoms with Crippen molar-refractivity contribution in [3.8, 4) is 11.6 Å². The molecule has 0 aliphatic carbocycles. The minimum absolute atomic E-state index is 0.0134. The summed E-state index contributed by atoms with van der Waals surface area (Å²) in [6.45, 7) is 6.93. The summed E-state index contributed by atoms with van der Waals surface area (Å²) in [7, 11) is 0. The van der Waals surface area contributed by atoms with E-state index in [1.54, 1.807) is 17.4 Å². The minimum Gasteiger partial charge on any atom is -0.482 e. The average Bonchev–Trinajstić information content (AvgIpc) is 3.53. The molecule has 2 aliphatic rings. The summed E-state index contributed by atoms with van der Waals surface area (Å²) in [5, 5.41) is 0. The summed E-state index contributed by atoms with van der Waals surface area (Å²) in [5.74, 6) is 1.11. The summed E-state index contributed by atoms with van der Waals surface area (Å²) in [5.41, 5.74) is 2.51. The van der Waals surface area contributed by atoms with E-state index in [-0.39, 0.29) is 36.4 Å². The monoisotopic (exact) mass is 459 g/mol. The zero-order valence-electron chi connectivity index (χ0n) is 19.8. The van der Waals surface area contributed by atoms with Gasteiger partial charge in [-0.05, 0) is 48.1 Å². The van der Waals surface area contributed by atoms with E-state index in [1.807, 2.05) is 52.1 Å². The van der Waals surface area contributed by atoms with E-state index in [9.17, 15) is 9.59 Å². The van der Waals surface area contributed by atoms with Crippen LogP contribution in [0.1, 0.15) is 50.9 Å². The summed E-state index contributed by atoms with van der Waals surface area (Å²) in [6.07, 6.45) is 7.00. The van der Waals surface area contributed by atoms with Crippen molar-refractivity contribution in [3.63, 3.8) is 0 Å². The van der Waals surface area contributed by atoms with E-state index in [1.165, 1.54) is 0 Å². The Labute approximate surface area is 199 Å². The van der Waals surface area contributed by atoms with Gasteiger partial charge in [0.05, 0.1) is 17.4 Å². The highest BCUT2D eigenvalue weighted by atomic mass is 16.5. The van der Waals surface area contributed by atoms with Gasteiger partial charge < -0.3 is 9.64 Å². The molecule has 1 aromatic carbocycles. The number of fused-ring (bicyclic) bond motifs is 1. The van der Waals surface area contributed by atoms with Crippen LogP contribution in [0.3, 0.4) is 0 Å². The number of hydrogen-bond acceptors (Lipinski definition) is 5. The molecule has 2 aliphatic heterocycles. The lowest BCUT2D eigenvalue weighted by atomic mass is 9.86. The Bertz CT molecular complexity index is 1220. The van der Waals surface area contributed by atoms with Crippen LogP contribution in [0.5, 0.6) is 5.75 Å². The van der Waals surface area contributed by atoms with Crippen LogP contribution in [-0.4, -0.2) is 50.9 Å². The summed E-state index contributed by atoms with van der Waals surface area (Å²) in [6, 6.07) is 11.6. The number of hydrogen-bond donors (Lipinski definition) is 0. The second-order valence-corrected chi connectivity index (χ2v) is 9.84. The van der Waals surface area contributed by atoms with E-state index in [2.05, 4.69) is 25.8 Å². The van der Waals surface area contributed by atoms with Crippen molar-refractivity contribution >= 4 is 17.5 Å². The summed E-state index contributed by atoms with van der Waals surface area (Å²) in [4.78, 5) is 38.6. The molecule has 0 saturated carbocycles. The number of carbonyl (C=O) groups excluding carboxylic acids is 2. The van der Waals surface area contributed by atoms with Crippen molar-refractivity contribution in [1.29, 1.82) is 0 Å². The number of nitrogens with zero attached hydrogens (tertiary/aromatic N) is 5. The number of likely N-dealkylation sites (tertiary alicyclic amines) is 1. The maximum Gasteiger partial charge on any atom is 0.265 e. The number of anilines is 1. The van der Waals surface area contributed by atoms with Crippen LogP contribution in [-0.2, 0) is 15.0 Å². The van der Waals surface area contributed by atoms with Crippen LogP contribution < -0.4 is 9.64 Å². The Kier molecular flexibility index (Phi) is 5.59. The number of rotatable bonds is 4. The first-order chi connectivity index (χ1) is 16.3. The van der Waals surface area contributed by atoms with Gasteiger partial charge in [-0.25, -0.2) is 9.97 Å². The van der Waals surface area contributed by atoms with Crippen LogP contribution in [0.2, 0.25) is 0 Å². The van der Waals surface area contributed by atoms with Gasteiger partial charge in [0, 0.05) is 18.9 Å². The van der Waals surface area contributed by atoms with Crippen molar-refractivity contribution < 1.29 is 14.3 Å². The first-order valence-electron chi connectivity index (χ1n) is 11.6. The Morgan fingerprint density at radius 2 is 2.06 bits per heavy atom. The molecular weight excluding hydrogens is 430 g/mol. The van der Waals surface area contributed by atoms with E-state index in [0.29, 0.717) is 18.0 Å². The standard InChI is InChI=1S/C26H29N5O3/c1-26(2,3)18-9-10-22-21(14-18)31(25(33)16-34-22)15-24(32)30-12-5-7-20(30)19-6-4-8-23(28-19)29-13-11-27-17-29/h4,6,8-11,13-14,17,20H,5,7,12,15-16H2,1-3H3/t20-/m0/s1. The molecular formula is C26H29N5O3. The Morgan fingerprint density at radius 1 is 1.21 bits per heavy atom. The Morgan fingerprint density at radius 3 is 2.82 bits per heavy atom. The lowest BCUT2D eigenvalue weighted by Gasteiger charge is -2.33. The highest BCUT2D eigenvalue weighted by molar-refractivity contribution is 6.02. The molecule has 8 heteroatoms. The molecule has 4 heterocycles. The van der Waals surface area contributed by atoms with E-state index in [4.69, 9.17) is 9.72 Å². The predicted molar refractivity (Wildman–Crippen MR) is 128 cm³/mol. The molecule has 1 fully saturated rings. The summed E-state index contributed by atoms with van der Waals surface area (Å²) >= 11 is 0. The largest absolute Gasteiger partial charge is 0.482 e. The molecule has 8 nitrogen and oxygen atoms in total. The second kappa shape index (κ2) is 8.59. The molecule has 0 N–H and O–H groups in total. The van der Waals surface area contributed by atoms with Gasteiger partial charge in [-0.2, -0.15) is 0 Å². The second-order valence-electron chi connectivity index (χ2n) is 9.84. The SMILES string of the molecule is CC(C)(C)c1ccc2c(c1)N(CC(=O)N1CCC[C@H]1c1cccc(-n3ccnc3)n1)C(=O)CO2. The molecule has 2 amide bonds. The van der Waals surface area contributed by atoms with E-state index in [0.717, 1.165) is 29.9 Å². The quantitative estimate of drug-likeness (QED) is 0.595. The third kappa shape index (κ3) is 4.16. The molecule has 3 aromatic rings. The molecule has 0 unspecified atom stereocenters. The summed E-state index contributed by atoms with van der Waals surface area (Å²) < 4.78 is 7.49. The smallest absolute Gasteiger partial charge is 0.265 e. The molecule has 1 saturated heterocycles.